The van der Waals surface area contributed by atoms with Crippen molar-refractivity contribution in [3.05, 3.63) is 94.5 Å². The molecule has 1 aliphatic heterocycles. The van der Waals surface area contributed by atoms with Gasteiger partial charge in [0.15, 0.2) is 0 Å². The molecule has 0 bridgehead atoms. The molecule has 0 saturated carbocycles. The number of fused-ring (bicyclic) bond motifs is 1. The van der Waals surface area contributed by atoms with E-state index in [4.69, 9.17) is 11.6 Å². The fourth-order valence-corrected chi connectivity index (χ4v) is 3.81. The third-order valence-electron chi connectivity index (χ3n) is 5.24. The molecule has 0 spiro atoms. The van der Waals surface area contributed by atoms with Crippen LogP contribution in [0.25, 0.3) is 0 Å². The molecule has 3 aromatic carbocycles. The van der Waals surface area contributed by atoms with Crippen LogP contribution in [0.4, 0.5) is 16.2 Å². The van der Waals surface area contributed by atoms with Gasteiger partial charge in [-0.05, 0) is 48.2 Å². The molecule has 4 rings (SSSR count). The van der Waals surface area contributed by atoms with E-state index < -0.39 is 12.1 Å². The van der Waals surface area contributed by atoms with Crippen molar-refractivity contribution in [1.29, 1.82) is 0 Å². The number of nitrogens with zero attached hydrogens (tertiary/aromatic N) is 1. The Kier molecular flexibility index (Phi) is 5.72. The molecular weight excluding hydrogens is 398 g/mol. The molecule has 0 unspecified atom stereocenters. The van der Waals surface area contributed by atoms with E-state index in [-0.39, 0.29) is 5.91 Å². The largest absolute Gasteiger partial charge is 0.322 e. The van der Waals surface area contributed by atoms with Gasteiger partial charge >= 0.3 is 6.03 Å². The highest BCUT2D eigenvalue weighted by Gasteiger charge is 2.32. The van der Waals surface area contributed by atoms with Crippen molar-refractivity contribution in [3.8, 4) is 0 Å². The Morgan fingerprint density at radius 2 is 1.73 bits per heavy atom. The molecule has 152 valence electrons. The Hall–Kier alpha value is -3.31. The number of amides is 3. The Morgan fingerprint density at radius 1 is 1.00 bits per heavy atom. The van der Waals surface area contributed by atoms with Crippen LogP contribution in [-0.2, 0) is 11.2 Å². The topological polar surface area (TPSA) is 61.4 Å². The summed E-state index contributed by atoms with van der Waals surface area (Å²) in [7, 11) is 0. The summed E-state index contributed by atoms with van der Waals surface area (Å²) < 4.78 is 0. The van der Waals surface area contributed by atoms with Crippen molar-refractivity contribution >= 4 is 34.9 Å². The van der Waals surface area contributed by atoms with Gasteiger partial charge in [0, 0.05) is 22.9 Å². The molecule has 5 nitrogen and oxygen atoms in total. The summed E-state index contributed by atoms with van der Waals surface area (Å²) in [5.74, 6) is -0.164. The van der Waals surface area contributed by atoms with Crippen molar-refractivity contribution in [2.75, 3.05) is 16.8 Å². The van der Waals surface area contributed by atoms with Crippen LogP contribution in [0.2, 0.25) is 5.02 Å². The zero-order valence-corrected chi connectivity index (χ0v) is 17.3. The summed E-state index contributed by atoms with van der Waals surface area (Å²) >= 11 is 6.15. The number of hydrogen-bond acceptors (Lipinski definition) is 2. The van der Waals surface area contributed by atoms with Crippen LogP contribution in [0.3, 0.4) is 0 Å². The number of urea groups is 1. The number of carbonyl (C=O) groups excluding carboxylic acids is 2. The van der Waals surface area contributed by atoms with E-state index >= 15 is 0 Å². The van der Waals surface area contributed by atoms with Crippen molar-refractivity contribution in [3.63, 3.8) is 0 Å². The van der Waals surface area contributed by atoms with E-state index in [1.807, 2.05) is 67.6 Å². The number of anilines is 2. The van der Waals surface area contributed by atoms with Crippen molar-refractivity contribution in [2.45, 2.75) is 19.4 Å². The third kappa shape index (κ3) is 4.16. The van der Waals surface area contributed by atoms with Crippen LogP contribution in [0.15, 0.2) is 72.8 Å². The summed E-state index contributed by atoms with van der Waals surface area (Å²) in [5.41, 5.74) is 4.25. The van der Waals surface area contributed by atoms with Gasteiger partial charge in [-0.3, -0.25) is 4.79 Å². The van der Waals surface area contributed by atoms with E-state index in [1.54, 1.807) is 17.0 Å². The average Bonchev–Trinajstić information content (AvgIpc) is 3.19. The highest BCUT2D eigenvalue weighted by Crippen LogP contribution is 2.30. The first-order valence-electron chi connectivity index (χ1n) is 9.81. The van der Waals surface area contributed by atoms with Crippen LogP contribution in [0.5, 0.6) is 0 Å². The summed E-state index contributed by atoms with van der Waals surface area (Å²) in [6, 6.07) is 21.2. The van der Waals surface area contributed by atoms with Crippen molar-refractivity contribution in [1.82, 2.24) is 5.32 Å². The normalized spacial score (nSPS) is 13.5. The first kappa shape index (κ1) is 20.0. The number of carbonyl (C=O) groups is 2. The molecule has 1 atom stereocenters. The molecule has 0 fully saturated rings. The Morgan fingerprint density at radius 3 is 2.50 bits per heavy atom. The van der Waals surface area contributed by atoms with Gasteiger partial charge in [0.05, 0.1) is 0 Å². The van der Waals surface area contributed by atoms with E-state index in [1.165, 1.54) is 0 Å². The van der Waals surface area contributed by atoms with Crippen LogP contribution < -0.4 is 15.5 Å². The minimum absolute atomic E-state index is 0.164. The number of aryl methyl sites for hydroxylation is 1. The summed E-state index contributed by atoms with van der Waals surface area (Å²) in [6.45, 7) is 2.49. The zero-order valence-electron chi connectivity index (χ0n) is 16.6. The quantitative estimate of drug-likeness (QED) is 0.618. The van der Waals surface area contributed by atoms with Crippen molar-refractivity contribution in [2.24, 2.45) is 0 Å². The molecule has 0 saturated heterocycles. The highest BCUT2D eigenvalue weighted by atomic mass is 35.5. The SMILES string of the molecule is Cc1ccc(NC(=O)N[C@@H](C(=O)N2CCc3ccccc32)c2ccccc2)cc1Cl. The lowest BCUT2D eigenvalue weighted by Gasteiger charge is -2.25. The van der Waals surface area contributed by atoms with Crippen LogP contribution >= 0.6 is 11.6 Å². The molecule has 0 aliphatic carbocycles. The van der Waals surface area contributed by atoms with Gasteiger partial charge in [-0.25, -0.2) is 4.79 Å². The third-order valence-corrected chi connectivity index (χ3v) is 5.65. The Bertz CT molecular complexity index is 1080. The first-order chi connectivity index (χ1) is 14.5. The first-order valence-corrected chi connectivity index (χ1v) is 10.2. The average molecular weight is 420 g/mol. The van der Waals surface area contributed by atoms with Gasteiger partial charge in [0.25, 0.3) is 5.91 Å². The predicted octanol–water partition coefficient (Wildman–Crippen LogP) is 5.10. The summed E-state index contributed by atoms with van der Waals surface area (Å²) in [6.07, 6.45) is 0.803. The number of hydrogen-bond donors (Lipinski definition) is 2. The number of rotatable bonds is 4. The molecular formula is C24H22ClN3O2. The fraction of sp³-hybridized carbons (Fsp3) is 0.167. The summed E-state index contributed by atoms with van der Waals surface area (Å²) in [5, 5.41) is 6.18. The lowest BCUT2D eigenvalue weighted by atomic mass is 10.1. The number of benzene rings is 3. The second kappa shape index (κ2) is 8.59. The molecule has 0 radical (unpaired) electrons. The number of halogens is 1. The highest BCUT2D eigenvalue weighted by molar-refractivity contribution is 6.31. The standard InChI is InChI=1S/C24H22ClN3O2/c1-16-11-12-19(15-20(16)25)26-24(30)27-22(18-8-3-2-4-9-18)23(29)28-14-13-17-7-5-6-10-21(17)28/h2-12,15,22H,13-14H2,1H3,(H2,26,27,30)/t22-/m1/s1. The second-order valence-corrected chi connectivity index (χ2v) is 7.68. The molecule has 30 heavy (non-hydrogen) atoms. The van der Waals surface area contributed by atoms with E-state index in [9.17, 15) is 9.59 Å². The van der Waals surface area contributed by atoms with Gasteiger partial charge in [-0.1, -0.05) is 66.2 Å². The van der Waals surface area contributed by atoms with Gasteiger partial charge in [0.1, 0.15) is 6.04 Å². The van der Waals surface area contributed by atoms with Crippen LogP contribution in [-0.4, -0.2) is 18.5 Å². The van der Waals surface area contributed by atoms with E-state index in [0.29, 0.717) is 17.3 Å². The fourth-order valence-electron chi connectivity index (χ4n) is 3.63. The monoisotopic (exact) mass is 419 g/mol. The Labute approximate surface area is 180 Å². The van der Waals surface area contributed by atoms with Crippen LogP contribution in [0, 0.1) is 6.92 Å². The molecule has 3 amide bonds. The lowest BCUT2D eigenvalue weighted by Crippen LogP contribution is -2.43. The van der Waals surface area contributed by atoms with Crippen LogP contribution in [0.1, 0.15) is 22.7 Å². The minimum atomic E-state index is -0.807. The van der Waals surface area contributed by atoms with Gasteiger partial charge in [-0.15, -0.1) is 0 Å². The lowest BCUT2D eigenvalue weighted by molar-refractivity contribution is -0.120. The maximum absolute atomic E-state index is 13.5. The smallest absolute Gasteiger partial charge is 0.320 e. The second-order valence-electron chi connectivity index (χ2n) is 7.27. The predicted molar refractivity (Wildman–Crippen MR) is 120 cm³/mol. The Balaban J connectivity index is 1.57. The van der Waals surface area contributed by atoms with Gasteiger partial charge in [0.2, 0.25) is 0 Å². The number of nitrogens with one attached hydrogen (secondary N) is 2. The maximum atomic E-state index is 13.5. The van der Waals surface area contributed by atoms with Crippen molar-refractivity contribution < 1.29 is 9.59 Å². The van der Waals surface area contributed by atoms with E-state index in [0.717, 1.165) is 28.8 Å². The van der Waals surface area contributed by atoms with Gasteiger partial charge in [-0.2, -0.15) is 0 Å². The minimum Gasteiger partial charge on any atom is -0.322 e. The molecule has 1 aliphatic rings. The maximum Gasteiger partial charge on any atom is 0.320 e. The molecule has 0 aromatic heterocycles. The molecule has 3 aromatic rings. The number of para-hydroxylation sites is 1. The summed E-state index contributed by atoms with van der Waals surface area (Å²) in [4.78, 5) is 27.9. The zero-order chi connectivity index (χ0) is 21.1. The van der Waals surface area contributed by atoms with E-state index in [2.05, 4.69) is 10.6 Å². The molecule has 2 N–H and O–H groups in total. The molecule has 6 heteroatoms. The van der Waals surface area contributed by atoms with Gasteiger partial charge < -0.3 is 15.5 Å². The molecule has 1 heterocycles.